The quantitative estimate of drug-likeness (QED) is 0.566. The van der Waals surface area contributed by atoms with Gasteiger partial charge in [-0.3, -0.25) is 4.98 Å². The van der Waals surface area contributed by atoms with E-state index in [9.17, 15) is 4.79 Å². The Balaban J connectivity index is 2.24. The molecule has 1 aliphatic rings. The molecule has 0 aliphatic carbocycles. The fourth-order valence-electron chi connectivity index (χ4n) is 1.88. The van der Waals surface area contributed by atoms with Crippen LogP contribution in [0.4, 0.5) is 11.5 Å². The molecule has 1 atom stereocenters. The summed E-state index contributed by atoms with van der Waals surface area (Å²) >= 11 is 0. The Bertz CT molecular complexity index is 402. The van der Waals surface area contributed by atoms with Crippen LogP contribution >= 0.6 is 0 Å². The molecular formula is C9H15N5O. The van der Waals surface area contributed by atoms with Crippen molar-refractivity contribution in [1.82, 2.24) is 9.97 Å². The summed E-state index contributed by atoms with van der Waals surface area (Å²) in [4.78, 5) is 19.1. The Morgan fingerprint density at radius 2 is 2.40 bits per heavy atom. The van der Waals surface area contributed by atoms with Crippen molar-refractivity contribution in [2.24, 2.45) is 5.73 Å². The van der Waals surface area contributed by atoms with Crippen molar-refractivity contribution >= 4 is 11.5 Å². The second kappa shape index (κ2) is 3.90. The minimum Gasteiger partial charge on any atom is -0.383 e. The number of aromatic amines is 1. The molecule has 0 radical (unpaired) electrons. The first-order chi connectivity index (χ1) is 7.16. The van der Waals surface area contributed by atoms with Crippen LogP contribution in [0.25, 0.3) is 0 Å². The summed E-state index contributed by atoms with van der Waals surface area (Å²) in [6.07, 6.45) is 3.58. The number of nitrogens with two attached hydrogens (primary N) is 2. The van der Waals surface area contributed by atoms with Crippen molar-refractivity contribution in [2.75, 3.05) is 23.7 Å². The number of hydrogen-bond donors (Lipinski definition) is 3. The summed E-state index contributed by atoms with van der Waals surface area (Å²) in [6, 6.07) is 0.171. The molecule has 15 heavy (non-hydrogen) atoms. The third kappa shape index (κ3) is 2.10. The molecule has 1 aromatic heterocycles. The predicted octanol–water partition coefficient (Wildman–Crippen LogP) is -0.720. The van der Waals surface area contributed by atoms with Crippen molar-refractivity contribution < 1.29 is 0 Å². The lowest BCUT2D eigenvalue weighted by Crippen LogP contribution is -2.43. The monoisotopic (exact) mass is 209 g/mol. The van der Waals surface area contributed by atoms with Gasteiger partial charge in [-0.2, -0.15) is 4.98 Å². The maximum Gasteiger partial charge on any atom is 0.346 e. The van der Waals surface area contributed by atoms with Crippen LogP contribution in [0.5, 0.6) is 0 Å². The van der Waals surface area contributed by atoms with E-state index >= 15 is 0 Å². The Labute approximate surface area is 87.3 Å². The van der Waals surface area contributed by atoms with Crippen LogP contribution in [0.1, 0.15) is 12.8 Å². The molecule has 0 saturated carbocycles. The van der Waals surface area contributed by atoms with Gasteiger partial charge in [0.1, 0.15) is 5.82 Å². The van der Waals surface area contributed by atoms with E-state index < -0.39 is 5.69 Å². The third-order valence-electron chi connectivity index (χ3n) is 2.62. The van der Waals surface area contributed by atoms with E-state index in [0.717, 1.165) is 31.6 Å². The van der Waals surface area contributed by atoms with Gasteiger partial charge in [0.05, 0.1) is 11.9 Å². The first-order valence-corrected chi connectivity index (χ1v) is 5.02. The normalized spacial score (nSPS) is 21.7. The van der Waals surface area contributed by atoms with Crippen molar-refractivity contribution in [1.29, 1.82) is 0 Å². The van der Waals surface area contributed by atoms with E-state index in [0.29, 0.717) is 5.82 Å². The molecule has 1 saturated heterocycles. The van der Waals surface area contributed by atoms with Crippen molar-refractivity contribution in [3.05, 3.63) is 16.7 Å². The Kier molecular flexibility index (Phi) is 2.59. The molecule has 0 amide bonds. The summed E-state index contributed by atoms with van der Waals surface area (Å²) in [6.45, 7) is 1.67. The second-order valence-electron chi connectivity index (χ2n) is 3.84. The topological polar surface area (TPSA) is 101 Å². The van der Waals surface area contributed by atoms with Gasteiger partial charge in [0, 0.05) is 19.1 Å². The number of anilines is 2. The molecule has 1 fully saturated rings. The zero-order chi connectivity index (χ0) is 10.8. The highest BCUT2D eigenvalue weighted by atomic mass is 16.1. The van der Waals surface area contributed by atoms with Gasteiger partial charge >= 0.3 is 5.69 Å². The van der Waals surface area contributed by atoms with Crippen LogP contribution in [-0.2, 0) is 0 Å². The molecule has 6 heteroatoms. The fourth-order valence-corrected chi connectivity index (χ4v) is 1.88. The smallest absolute Gasteiger partial charge is 0.346 e. The van der Waals surface area contributed by atoms with Crippen molar-refractivity contribution in [2.45, 2.75) is 18.9 Å². The van der Waals surface area contributed by atoms with E-state index in [1.807, 2.05) is 0 Å². The molecule has 1 aliphatic heterocycles. The molecule has 2 heterocycles. The molecule has 2 rings (SSSR count). The van der Waals surface area contributed by atoms with Crippen LogP contribution in [0.2, 0.25) is 0 Å². The first kappa shape index (κ1) is 9.97. The summed E-state index contributed by atoms with van der Waals surface area (Å²) in [5, 5.41) is 0. The van der Waals surface area contributed by atoms with Gasteiger partial charge in [-0.05, 0) is 12.8 Å². The number of hydrogen-bond acceptors (Lipinski definition) is 5. The van der Waals surface area contributed by atoms with Gasteiger partial charge in [0.2, 0.25) is 0 Å². The minimum atomic E-state index is -0.419. The van der Waals surface area contributed by atoms with Crippen LogP contribution in [0.3, 0.4) is 0 Å². The molecule has 6 nitrogen and oxygen atoms in total. The Morgan fingerprint density at radius 1 is 1.60 bits per heavy atom. The lowest BCUT2D eigenvalue weighted by atomic mass is 10.1. The highest BCUT2D eigenvalue weighted by Gasteiger charge is 2.19. The second-order valence-corrected chi connectivity index (χ2v) is 3.84. The van der Waals surface area contributed by atoms with Gasteiger partial charge < -0.3 is 16.4 Å². The predicted molar refractivity (Wildman–Crippen MR) is 58.7 cm³/mol. The molecule has 5 N–H and O–H groups in total. The van der Waals surface area contributed by atoms with E-state index in [1.165, 1.54) is 6.20 Å². The van der Waals surface area contributed by atoms with Gasteiger partial charge in [-0.1, -0.05) is 0 Å². The third-order valence-corrected chi connectivity index (χ3v) is 2.62. The van der Waals surface area contributed by atoms with E-state index in [1.54, 1.807) is 0 Å². The zero-order valence-electron chi connectivity index (χ0n) is 8.44. The van der Waals surface area contributed by atoms with Crippen LogP contribution < -0.4 is 22.1 Å². The van der Waals surface area contributed by atoms with Crippen LogP contribution in [-0.4, -0.2) is 29.1 Å². The highest BCUT2D eigenvalue weighted by molar-refractivity contribution is 5.61. The molecule has 1 unspecified atom stereocenters. The van der Waals surface area contributed by atoms with E-state index in [4.69, 9.17) is 11.5 Å². The summed E-state index contributed by atoms with van der Waals surface area (Å²) in [5.74, 6) is 0.365. The number of H-pyrrole nitrogens is 1. The molecule has 0 bridgehead atoms. The summed E-state index contributed by atoms with van der Waals surface area (Å²) in [7, 11) is 0. The average Bonchev–Trinajstić information content (AvgIpc) is 2.17. The van der Waals surface area contributed by atoms with Gasteiger partial charge in [0.25, 0.3) is 0 Å². The lowest BCUT2D eigenvalue weighted by Gasteiger charge is -2.32. The number of piperidine rings is 1. The summed E-state index contributed by atoms with van der Waals surface area (Å²) in [5.41, 5.74) is 11.9. The van der Waals surface area contributed by atoms with E-state index in [-0.39, 0.29) is 6.04 Å². The zero-order valence-corrected chi connectivity index (χ0v) is 8.44. The van der Waals surface area contributed by atoms with Crippen molar-refractivity contribution in [3.8, 4) is 0 Å². The minimum absolute atomic E-state index is 0.171. The average molecular weight is 209 g/mol. The van der Waals surface area contributed by atoms with Crippen molar-refractivity contribution in [3.63, 3.8) is 0 Å². The number of nitrogens with zero attached hydrogens (tertiary/aromatic N) is 2. The van der Waals surface area contributed by atoms with Crippen LogP contribution in [0.15, 0.2) is 11.0 Å². The van der Waals surface area contributed by atoms with Gasteiger partial charge in [0.15, 0.2) is 0 Å². The molecule has 0 spiro atoms. The Morgan fingerprint density at radius 3 is 3.07 bits per heavy atom. The number of rotatable bonds is 1. The Hall–Kier alpha value is -1.56. The summed E-state index contributed by atoms with van der Waals surface area (Å²) < 4.78 is 0. The standard InChI is InChI=1S/C9H15N5O/c10-6-2-1-3-14(5-6)7-4-12-9(15)13-8(7)11/h4,6H,1-3,5,10H2,(H3,11,12,13,15). The number of aromatic nitrogens is 2. The maximum atomic E-state index is 10.9. The SMILES string of the molecule is Nc1[nH]c(=O)ncc1N1CCCC(N)C1. The first-order valence-electron chi connectivity index (χ1n) is 5.02. The van der Waals surface area contributed by atoms with Gasteiger partial charge in [-0.15, -0.1) is 0 Å². The number of nitrogen functional groups attached to an aromatic ring is 1. The fraction of sp³-hybridized carbons (Fsp3) is 0.556. The molecular weight excluding hydrogens is 194 g/mol. The molecule has 82 valence electrons. The van der Waals surface area contributed by atoms with Gasteiger partial charge in [-0.25, -0.2) is 4.79 Å². The number of nitrogens with one attached hydrogen (secondary N) is 1. The lowest BCUT2D eigenvalue weighted by molar-refractivity contribution is 0.506. The van der Waals surface area contributed by atoms with Crippen LogP contribution in [0, 0.1) is 0 Å². The molecule has 0 aromatic carbocycles. The molecule has 1 aromatic rings. The maximum absolute atomic E-state index is 10.9. The highest BCUT2D eigenvalue weighted by Crippen LogP contribution is 2.21. The largest absolute Gasteiger partial charge is 0.383 e. The van der Waals surface area contributed by atoms with E-state index in [2.05, 4.69) is 14.9 Å².